The predicted octanol–water partition coefficient (Wildman–Crippen LogP) is 4.43. The summed E-state index contributed by atoms with van der Waals surface area (Å²) in [7, 11) is 0. The van der Waals surface area contributed by atoms with Crippen molar-refractivity contribution >= 4 is 23.9 Å². The van der Waals surface area contributed by atoms with Crippen molar-refractivity contribution in [1.82, 2.24) is 16.0 Å². The number of nitrogens with one attached hydrogen (secondary N) is 3. The molecule has 254 valence electrons. The van der Waals surface area contributed by atoms with Gasteiger partial charge in [-0.25, -0.2) is 9.59 Å². The van der Waals surface area contributed by atoms with Crippen LogP contribution in [0.1, 0.15) is 36.0 Å². The van der Waals surface area contributed by atoms with Crippen molar-refractivity contribution in [3.05, 3.63) is 133 Å². The summed E-state index contributed by atoms with van der Waals surface area (Å²) in [5.74, 6) is -2.25. The normalized spacial score (nSPS) is 13.1. The van der Waals surface area contributed by atoms with E-state index in [4.69, 9.17) is 9.47 Å². The van der Waals surface area contributed by atoms with Crippen LogP contribution >= 0.6 is 0 Å². The molecule has 10 nitrogen and oxygen atoms in total. The van der Waals surface area contributed by atoms with E-state index in [1.165, 1.54) is 6.08 Å². The molecule has 48 heavy (non-hydrogen) atoms. The van der Waals surface area contributed by atoms with Gasteiger partial charge in [-0.15, -0.1) is 13.2 Å². The molecule has 4 N–H and O–H groups in total. The first-order valence-electron chi connectivity index (χ1n) is 15.9. The van der Waals surface area contributed by atoms with Gasteiger partial charge in [-0.05, 0) is 42.4 Å². The van der Waals surface area contributed by atoms with Gasteiger partial charge in [-0.1, -0.05) is 103 Å². The minimum Gasteiger partial charge on any atom is -0.462 e. The molecule has 0 bridgehead atoms. The lowest BCUT2D eigenvalue weighted by atomic mass is 9.98. The third kappa shape index (κ3) is 13.6. The number of ether oxygens (including phenoxy) is 2. The minimum absolute atomic E-state index is 0.0330. The molecule has 0 aliphatic heterocycles. The van der Waals surface area contributed by atoms with Gasteiger partial charge in [0.05, 0.1) is 24.6 Å². The first kappa shape index (κ1) is 37.2. The van der Waals surface area contributed by atoms with Crippen LogP contribution in [0.15, 0.2) is 116 Å². The van der Waals surface area contributed by atoms with Crippen molar-refractivity contribution < 1.29 is 33.8 Å². The zero-order chi connectivity index (χ0) is 34.6. The second kappa shape index (κ2) is 20.8. The number of alkyl carbamates (subject to hydrolysis) is 1. The van der Waals surface area contributed by atoms with Crippen LogP contribution in [0.3, 0.4) is 0 Å². The van der Waals surface area contributed by atoms with Crippen LogP contribution in [-0.4, -0.2) is 60.3 Å². The van der Waals surface area contributed by atoms with Crippen LogP contribution < -0.4 is 16.0 Å². The lowest BCUT2D eigenvalue weighted by molar-refractivity contribution is -0.147. The van der Waals surface area contributed by atoms with Crippen molar-refractivity contribution in [2.24, 2.45) is 5.92 Å². The topological polar surface area (TPSA) is 143 Å². The van der Waals surface area contributed by atoms with Gasteiger partial charge in [0.1, 0.15) is 19.3 Å². The lowest BCUT2D eigenvalue weighted by Gasteiger charge is -2.24. The number of carbonyl (C=O) groups is 4. The van der Waals surface area contributed by atoms with E-state index < -0.39 is 42.0 Å². The van der Waals surface area contributed by atoms with Gasteiger partial charge < -0.3 is 30.5 Å². The Kier molecular flexibility index (Phi) is 16.1. The van der Waals surface area contributed by atoms with E-state index in [0.29, 0.717) is 12.8 Å². The number of aliphatic hydroxyl groups excluding tert-OH is 1. The predicted molar refractivity (Wildman–Crippen MR) is 183 cm³/mol. The van der Waals surface area contributed by atoms with Gasteiger partial charge in [0, 0.05) is 6.42 Å². The molecular weight excluding hydrogens is 610 g/mol. The Morgan fingerprint density at radius 3 is 1.77 bits per heavy atom. The summed E-state index contributed by atoms with van der Waals surface area (Å²) in [6.07, 6.45) is 3.26. The molecule has 0 unspecified atom stereocenters. The SMILES string of the molecule is C=CC[C@H](CC(=O)N[C@H](CO)Cc1ccccc1)C(=O)N[C@H](COC(=O)[C@@H](CC=C)NC(=O)OCc1ccccc1)Cc1ccccc1. The smallest absolute Gasteiger partial charge is 0.408 e. The number of hydrogen-bond donors (Lipinski definition) is 4. The molecule has 0 aromatic heterocycles. The third-order valence-electron chi connectivity index (χ3n) is 7.45. The van der Waals surface area contributed by atoms with Gasteiger partial charge >= 0.3 is 12.1 Å². The summed E-state index contributed by atoms with van der Waals surface area (Å²) < 4.78 is 10.9. The Labute approximate surface area is 282 Å². The molecule has 0 aliphatic rings. The van der Waals surface area contributed by atoms with E-state index in [1.807, 2.05) is 91.0 Å². The molecule has 0 fully saturated rings. The standard InChI is InChI=1S/C38H45N3O7/c1-3-14-31(24-35(43)39-32(25-42)22-28-16-8-5-9-17-28)36(44)40-33(23-29-18-10-6-11-19-29)27-47-37(45)34(15-4-2)41-38(46)48-26-30-20-12-7-13-21-30/h3-13,16-21,31-34,42H,1-2,14-15,22-27H2,(H,39,43)(H,40,44)(H,41,46)/t31-,32+,33+,34-/m1/s1. The number of benzene rings is 3. The molecule has 0 radical (unpaired) electrons. The molecule has 0 saturated carbocycles. The molecule has 0 aliphatic carbocycles. The summed E-state index contributed by atoms with van der Waals surface area (Å²) in [4.78, 5) is 52.0. The Morgan fingerprint density at radius 2 is 1.23 bits per heavy atom. The Bertz CT molecular complexity index is 1450. The van der Waals surface area contributed by atoms with Gasteiger partial charge in [-0.2, -0.15) is 0 Å². The summed E-state index contributed by atoms with van der Waals surface area (Å²) in [6.45, 7) is 7.00. The maximum absolute atomic E-state index is 13.5. The number of carbonyl (C=O) groups excluding carboxylic acids is 4. The Hall–Kier alpha value is -5.22. The highest BCUT2D eigenvalue weighted by atomic mass is 16.6. The molecular formula is C38H45N3O7. The van der Waals surface area contributed by atoms with Crippen molar-refractivity contribution in [1.29, 1.82) is 0 Å². The van der Waals surface area contributed by atoms with Crippen LogP contribution in [0, 0.1) is 5.92 Å². The summed E-state index contributed by atoms with van der Waals surface area (Å²) >= 11 is 0. The highest BCUT2D eigenvalue weighted by Crippen LogP contribution is 2.13. The van der Waals surface area contributed by atoms with Gasteiger partial charge in [0.25, 0.3) is 0 Å². The number of rotatable bonds is 20. The first-order valence-corrected chi connectivity index (χ1v) is 15.9. The highest BCUT2D eigenvalue weighted by Gasteiger charge is 2.27. The van der Waals surface area contributed by atoms with Gasteiger partial charge in [-0.3, -0.25) is 9.59 Å². The quantitative estimate of drug-likeness (QED) is 0.104. The summed E-state index contributed by atoms with van der Waals surface area (Å²) in [6, 6.07) is 25.8. The fourth-order valence-electron chi connectivity index (χ4n) is 4.99. The monoisotopic (exact) mass is 655 g/mol. The van der Waals surface area contributed by atoms with Crippen molar-refractivity contribution in [2.45, 2.75) is 56.8 Å². The van der Waals surface area contributed by atoms with Crippen LogP contribution in [-0.2, 0) is 43.3 Å². The number of aliphatic hydroxyl groups is 1. The molecule has 3 rings (SSSR count). The molecule has 4 atom stereocenters. The number of amides is 3. The molecule has 0 spiro atoms. The van der Waals surface area contributed by atoms with Crippen LogP contribution in [0.2, 0.25) is 0 Å². The lowest BCUT2D eigenvalue weighted by Crippen LogP contribution is -2.47. The average molecular weight is 656 g/mol. The maximum atomic E-state index is 13.5. The van der Waals surface area contributed by atoms with Gasteiger partial charge in [0.2, 0.25) is 11.8 Å². The fraction of sp³-hybridized carbons (Fsp3) is 0.316. The first-order chi connectivity index (χ1) is 23.3. The largest absolute Gasteiger partial charge is 0.462 e. The van der Waals surface area contributed by atoms with E-state index in [1.54, 1.807) is 6.08 Å². The number of allylic oxidation sites excluding steroid dienone is 1. The maximum Gasteiger partial charge on any atom is 0.408 e. The van der Waals surface area contributed by atoms with Crippen LogP contribution in [0.25, 0.3) is 0 Å². The molecule has 3 amide bonds. The highest BCUT2D eigenvalue weighted by molar-refractivity contribution is 5.86. The number of hydrogen-bond acceptors (Lipinski definition) is 7. The van der Waals surface area contributed by atoms with E-state index in [9.17, 15) is 24.3 Å². The molecule has 3 aromatic carbocycles. The third-order valence-corrected chi connectivity index (χ3v) is 7.45. The molecule has 3 aromatic rings. The van der Waals surface area contributed by atoms with Crippen molar-refractivity contribution in [3.8, 4) is 0 Å². The Morgan fingerprint density at radius 1 is 0.688 bits per heavy atom. The fourth-order valence-corrected chi connectivity index (χ4v) is 4.99. The summed E-state index contributed by atoms with van der Waals surface area (Å²) in [5, 5.41) is 18.1. The average Bonchev–Trinajstić information content (AvgIpc) is 3.10. The van der Waals surface area contributed by atoms with Crippen molar-refractivity contribution in [3.63, 3.8) is 0 Å². The number of esters is 1. The summed E-state index contributed by atoms with van der Waals surface area (Å²) in [5.41, 5.74) is 2.65. The molecule has 0 heterocycles. The van der Waals surface area contributed by atoms with E-state index >= 15 is 0 Å². The van der Waals surface area contributed by atoms with Gasteiger partial charge in [0.15, 0.2) is 0 Å². The zero-order valence-corrected chi connectivity index (χ0v) is 27.1. The molecule has 10 heteroatoms. The minimum atomic E-state index is -1.05. The molecule has 0 saturated heterocycles. The Balaban J connectivity index is 1.62. The van der Waals surface area contributed by atoms with Crippen LogP contribution in [0.5, 0.6) is 0 Å². The van der Waals surface area contributed by atoms with E-state index in [0.717, 1.165) is 16.7 Å². The van der Waals surface area contributed by atoms with Crippen LogP contribution in [0.4, 0.5) is 4.79 Å². The second-order valence-corrected chi connectivity index (χ2v) is 11.4. The second-order valence-electron chi connectivity index (χ2n) is 11.4. The van der Waals surface area contributed by atoms with E-state index in [2.05, 4.69) is 29.1 Å². The van der Waals surface area contributed by atoms with Crippen molar-refractivity contribution in [2.75, 3.05) is 13.2 Å². The zero-order valence-electron chi connectivity index (χ0n) is 27.1. The van der Waals surface area contributed by atoms with E-state index in [-0.39, 0.29) is 45.0 Å².